The zero-order chi connectivity index (χ0) is 9.78. The number of nitrogens with two attached hydrogens (primary N) is 1. The predicted molar refractivity (Wildman–Crippen MR) is 60.6 cm³/mol. The van der Waals surface area contributed by atoms with Crippen molar-refractivity contribution in [3.63, 3.8) is 0 Å². The van der Waals surface area contributed by atoms with E-state index in [2.05, 4.69) is 6.92 Å². The first-order valence-electron chi connectivity index (χ1n) is 5.91. The molecule has 0 amide bonds. The van der Waals surface area contributed by atoms with E-state index >= 15 is 0 Å². The Labute approximate surface area is 106 Å². The smallest absolute Gasteiger partial charge is 0.343 e. The fourth-order valence-corrected chi connectivity index (χ4v) is 1.56. The van der Waals surface area contributed by atoms with Gasteiger partial charge in [-0.05, 0) is 13.0 Å². The Bertz CT molecular complexity index is 76.4. The number of hydrogen-bond acceptors (Lipinski definition) is 1. The summed E-state index contributed by atoms with van der Waals surface area (Å²) < 4.78 is 0. The van der Waals surface area contributed by atoms with Gasteiger partial charge in [0.15, 0.2) is 0 Å². The summed E-state index contributed by atoms with van der Waals surface area (Å²) in [7, 11) is 0. The average molecular weight is 381 g/mol. The molecule has 0 fully saturated rings. The molecule has 0 aliphatic rings. The van der Waals surface area contributed by atoms with Crippen LogP contribution in [-0.4, -0.2) is 6.54 Å². The van der Waals surface area contributed by atoms with Gasteiger partial charge >= 0.3 is 22.4 Å². The second-order valence-corrected chi connectivity index (χ2v) is 3.82. The summed E-state index contributed by atoms with van der Waals surface area (Å²) in [5, 5.41) is 0. The molecule has 0 radical (unpaired) electrons. The average Bonchev–Trinajstić information content (AvgIpc) is 2.16. The first kappa shape index (κ1) is 17.1. The van der Waals surface area contributed by atoms with Crippen molar-refractivity contribution >= 4 is 0 Å². The first-order valence-corrected chi connectivity index (χ1v) is 5.91. The van der Waals surface area contributed by atoms with Gasteiger partial charge in [-0.1, -0.05) is 51.4 Å². The van der Waals surface area contributed by atoms with Crippen LogP contribution in [0.5, 0.6) is 0 Å². The van der Waals surface area contributed by atoms with E-state index in [1.807, 2.05) is 0 Å². The first-order chi connectivity index (χ1) is 6.41. The summed E-state index contributed by atoms with van der Waals surface area (Å²) in [6.45, 7) is 4.71. The Kier molecular flexibility index (Phi) is 19.7. The van der Waals surface area contributed by atoms with Gasteiger partial charge in [-0.2, -0.15) is 6.42 Å². The van der Waals surface area contributed by atoms with Gasteiger partial charge in [-0.15, -0.1) is 0 Å². The number of hydrogen-bond donors (Lipinski definition) is 1. The van der Waals surface area contributed by atoms with E-state index in [0.29, 0.717) is 0 Å². The molecule has 0 aliphatic heterocycles. The zero-order valence-electron chi connectivity index (χ0n) is 9.36. The minimum Gasteiger partial charge on any atom is -0.343 e. The molecule has 0 bridgehead atoms. The van der Waals surface area contributed by atoms with Crippen LogP contribution < -0.4 is 5.73 Å². The van der Waals surface area contributed by atoms with Gasteiger partial charge in [0, 0.05) is 0 Å². The van der Waals surface area contributed by atoms with Crippen LogP contribution in [0.25, 0.3) is 0 Å². The third-order valence-electron chi connectivity index (χ3n) is 2.45. The molecule has 1 nitrogen and oxygen atoms in total. The van der Waals surface area contributed by atoms with Crippen LogP contribution in [0.4, 0.5) is 0 Å². The SMILES string of the molecule is [Au+].[CH2-]CCCCCCCCCCCN. The Morgan fingerprint density at radius 3 is 1.36 bits per heavy atom. The van der Waals surface area contributed by atoms with Crippen molar-refractivity contribution in [1.82, 2.24) is 0 Å². The van der Waals surface area contributed by atoms with Crippen molar-refractivity contribution < 1.29 is 22.4 Å². The van der Waals surface area contributed by atoms with Crippen LogP contribution in [0.1, 0.15) is 64.2 Å². The minimum atomic E-state index is 0. The van der Waals surface area contributed by atoms with Crippen molar-refractivity contribution in [1.29, 1.82) is 0 Å². The van der Waals surface area contributed by atoms with Crippen molar-refractivity contribution in [2.24, 2.45) is 5.73 Å². The van der Waals surface area contributed by atoms with Gasteiger partial charge in [-0.25, -0.2) is 0 Å². The second kappa shape index (κ2) is 16.1. The van der Waals surface area contributed by atoms with E-state index in [1.165, 1.54) is 57.8 Å². The predicted octanol–water partition coefficient (Wildman–Crippen LogP) is 3.68. The Morgan fingerprint density at radius 1 is 0.643 bits per heavy atom. The summed E-state index contributed by atoms with van der Waals surface area (Å²) in [5.41, 5.74) is 5.42. The number of unbranched alkanes of at least 4 members (excludes halogenated alkanes) is 9. The van der Waals surface area contributed by atoms with Gasteiger partial charge < -0.3 is 12.7 Å². The standard InChI is InChI=1S/C12H26N.Au/c1-2-3-4-5-6-7-8-9-10-11-12-13;/h1-13H2;/q-1;+1. The topological polar surface area (TPSA) is 26.0 Å². The summed E-state index contributed by atoms with van der Waals surface area (Å²) in [4.78, 5) is 0. The molecule has 0 aromatic carbocycles. The zero-order valence-corrected chi connectivity index (χ0v) is 11.5. The number of rotatable bonds is 10. The third kappa shape index (κ3) is 15.2. The van der Waals surface area contributed by atoms with E-state index < -0.39 is 0 Å². The molecule has 0 rings (SSSR count). The monoisotopic (exact) mass is 381 g/mol. The molecule has 0 aromatic heterocycles. The molecule has 0 saturated heterocycles. The van der Waals surface area contributed by atoms with Crippen molar-refractivity contribution in [3.8, 4) is 0 Å². The van der Waals surface area contributed by atoms with Crippen LogP contribution in [0, 0.1) is 6.92 Å². The summed E-state index contributed by atoms with van der Waals surface area (Å²) in [6.07, 6.45) is 13.4. The molecule has 2 heteroatoms. The van der Waals surface area contributed by atoms with E-state index in [-0.39, 0.29) is 22.4 Å². The molecule has 0 heterocycles. The van der Waals surface area contributed by atoms with E-state index in [4.69, 9.17) is 5.73 Å². The third-order valence-corrected chi connectivity index (χ3v) is 2.45. The fourth-order valence-electron chi connectivity index (χ4n) is 1.56. The van der Waals surface area contributed by atoms with Gasteiger partial charge in [0.2, 0.25) is 0 Å². The summed E-state index contributed by atoms with van der Waals surface area (Å²) in [6, 6.07) is 0. The van der Waals surface area contributed by atoms with Crippen molar-refractivity contribution in [2.45, 2.75) is 64.2 Å². The summed E-state index contributed by atoms with van der Waals surface area (Å²) in [5.74, 6) is 0. The molecule has 14 heavy (non-hydrogen) atoms. The Balaban J connectivity index is 0. The Hall–Kier alpha value is 0.700. The van der Waals surface area contributed by atoms with E-state index in [0.717, 1.165) is 13.0 Å². The second-order valence-electron chi connectivity index (χ2n) is 3.82. The van der Waals surface area contributed by atoms with Gasteiger partial charge in [0.1, 0.15) is 0 Å². The van der Waals surface area contributed by atoms with Gasteiger partial charge in [0.05, 0.1) is 0 Å². The van der Waals surface area contributed by atoms with Crippen LogP contribution >= 0.6 is 0 Å². The summed E-state index contributed by atoms with van der Waals surface area (Å²) >= 11 is 0. The van der Waals surface area contributed by atoms with Crippen LogP contribution in [0.2, 0.25) is 0 Å². The molecule has 0 saturated carbocycles. The van der Waals surface area contributed by atoms with Crippen LogP contribution in [0.3, 0.4) is 0 Å². The van der Waals surface area contributed by atoms with Gasteiger partial charge in [0.25, 0.3) is 0 Å². The van der Waals surface area contributed by atoms with Crippen molar-refractivity contribution in [3.05, 3.63) is 6.92 Å². The maximum Gasteiger partial charge on any atom is 1.00 e. The quantitative estimate of drug-likeness (QED) is 0.349. The minimum absolute atomic E-state index is 0. The molecule has 0 aromatic rings. The fraction of sp³-hybridized carbons (Fsp3) is 0.917. The molecular weight excluding hydrogens is 355 g/mol. The molecule has 0 atom stereocenters. The molecule has 2 N–H and O–H groups in total. The Morgan fingerprint density at radius 2 is 1.00 bits per heavy atom. The normalized spacial score (nSPS) is 9.86. The van der Waals surface area contributed by atoms with Crippen LogP contribution in [0.15, 0.2) is 0 Å². The molecule has 0 spiro atoms. The maximum atomic E-state index is 5.42. The maximum absolute atomic E-state index is 5.42. The van der Waals surface area contributed by atoms with E-state index in [9.17, 15) is 0 Å². The molecule has 90 valence electrons. The van der Waals surface area contributed by atoms with Crippen molar-refractivity contribution in [2.75, 3.05) is 6.54 Å². The molecule has 0 unspecified atom stereocenters. The molecule has 0 aliphatic carbocycles. The van der Waals surface area contributed by atoms with E-state index in [1.54, 1.807) is 0 Å². The largest absolute Gasteiger partial charge is 1.00 e. The van der Waals surface area contributed by atoms with Crippen LogP contribution in [-0.2, 0) is 22.4 Å². The van der Waals surface area contributed by atoms with Gasteiger partial charge in [-0.3, -0.25) is 0 Å². The molecular formula is C12H26AuN.